The highest BCUT2D eigenvalue weighted by Gasteiger charge is 2.33. The van der Waals surface area contributed by atoms with Gasteiger partial charge in [-0.3, -0.25) is 14.4 Å². The predicted molar refractivity (Wildman–Crippen MR) is 98.3 cm³/mol. The molecule has 0 radical (unpaired) electrons. The Morgan fingerprint density at radius 1 is 1.08 bits per heavy atom. The average Bonchev–Trinajstić information content (AvgIpc) is 3.10. The molecule has 0 N–H and O–H groups in total. The van der Waals surface area contributed by atoms with Crippen molar-refractivity contribution in [1.82, 2.24) is 19.6 Å². The molecule has 2 aromatic rings. The normalized spacial score (nSPS) is 21.2. The zero-order chi connectivity index (χ0) is 17.4. The first-order chi connectivity index (χ1) is 12.1. The number of aryl methyl sites for hydroxylation is 1. The number of hydrogen-bond acceptors (Lipinski definition) is 3. The van der Waals surface area contributed by atoms with Gasteiger partial charge < -0.3 is 4.90 Å². The molecule has 2 aliphatic rings. The SMILES string of the molecule is CN1CCC[C@H]1C(=O)N1CCc2c(-c3ccccc3)nn(C)c2CC1. The lowest BCUT2D eigenvalue weighted by atomic mass is 10.0. The number of carbonyl (C=O) groups is 1. The maximum Gasteiger partial charge on any atom is 0.239 e. The number of rotatable bonds is 2. The first-order valence-corrected chi connectivity index (χ1v) is 9.24. The van der Waals surface area contributed by atoms with Gasteiger partial charge >= 0.3 is 0 Å². The Morgan fingerprint density at radius 3 is 2.56 bits per heavy atom. The molecule has 1 aromatic heterocycles. The predicted octanol–water partition coefficient (Wildman–Crippen LogP) is 2.11. The molecule has 2 aliphatic heterocycles. The monoisotopic (exact) mass is 338 g/mol. The van der Waals surface area contributed by atoms with Crippen LogP contribution in [0.1, 0.15) is 24.1 Å². The van der Waals surface area contributed by atoms with Crippen LogP contribution in [0.4, 0.5) is 0 Å². The topological polar surface area (TPSA) is 41.4 Å². The van der Waals surface area contributed by atoms with Crippen molar-refractivity contribution >= 4 is 5.91 Å². The molecule has 0 spiro atoms. The summed E-state index contributed by atoms with van der Waals surface area (Å²) in [4.78, 5) is 17.2. The van der Waals surface area contributed by atoms with E-state index in [-0.39, 0.29) is 6.04 Å². The van der Waals surface area contributed by atoms with Gasteiger partial charge in [-0.05, 0) is 32.9 Å². The minimum absolute atomic E-state index is 0.0768. The van der Waals surface area contributed by atoms with Crippen LogP contribution in [0.3, 0.4) is 0 Å². The number of benzene rings is 1. The number of amides is 1. The van der Waals surface area contributed by atoms with Crippen LogP contribution in [0.15, 0.2) is 30.3 Å². The lowest BCUT2D eigenvalue weighted by Crippen LogP contribution is -2.45. The second-order valence-corrected chi connectivity index (χ2v) is 7.23. The lowest BCUT2D eigenvalue weighted by Gasteiger charge is -2.27. The Bertz CT molecular complexity index is 768. The Hall–Kier alpha value is -2.14. The molecule has 1 aromatic carbocycles. The third-order valence-electron chi connectivity index (χ3n) is 5.69. The van der Waals surface area contributed by atoms with Crippen LogP contribution in [0.2, 0.25) is 0 Å². The van der Waals surface area contributed by atoms with Crippen LogP contribution < -0.4 is 0 Å². The van der Waals surface area contributed by atoms with E-state index in [1.54, 1.807) is 0 Å². The van der Waals surface area contributed by atoms with Crippen LogP contribution in [0.25, 0.3) is 11.3 Å². The molecule has 1 fully saturated rings. The second-order valence-electron chi connectivity index (χ2n) is 7.23. The molecule has 0 saturated carbocycles. The third kappa shape index (κ3) is 2.97. The van der Waals surface area contributed by atoms with Gasteiger partial charge in [0.15, 0.2) is 0 Å². The van der Waals surface area contributed by atoms with Gasteiger partial charge in [-0.2, -0.15) is 5.10 Å². The van der Waals surface area contributed by atoms with E-state index in [1.165, 1.54) is 11.3 Å². The standard InChI is InChI=1S/C20H26N4O/c1-22-12-6-9-18(22)20(25)24-13-10-16-17(11-14-24)23(2)21-19(16)15-7-4-3-5-8-15/h3-5,7-8,18H,6,9-14H2,1-2H3/t18-/m0/s1. The quantitative estimate of drug-likeness (QED) is 0.842. The van der Waals surface area contributed by atoms with Gasteiger partial charge in [0.1, 0.15) is 0 Å². The summed E-state index contributed by atoms with van der Waals surface area (Å²) in [6.45, 7) is 2.62. The van der Waals surface area contributed by atoms with E-state index >= 15 is 0 Å². The van der Waals surface area contributed by atoms with Crippen molar-refractivity contribution in [2.24, 2.45) is 7.05 Å². The van der Waals surface area contributed by atoms with Gasteiger partial charge in [0.05, 0.1) is 11.7 Å². The van der Waals surface area contributed by atoms with Crippen LogP contribution >= 0.6 is 0 Å². The van der Waals surface area contributed by atoms with Gasteiger partial charge in [-0.25, -0.2) is 0 Å². The van der Waals surface area contributed by atoms with E-state index in [2.05, 4.69) is 41.1 Å². The van der Waals surface area contributed by atoms with E-state index in [0.29, 0.717) is 5.91 Å². The Balaban J connectivity index is 1.57. The molecule has 0 bridgehead atoms. The minimum atomic E-state index is 0.0768. The highest BCUT2D eigenvalue weighted by atomic mass is 16.2. The van der Waals surface area contributed by atoms with Crippen LogP contribution in [0, 0.1) is 0 Å². The van der Waals surface area contributed by atoms with E-state index in [1.807, 2.05) is 17.8 Å². The summed E-state index contributed by atoms with van der Waals surface area (Å²) in [6.07, 6.45) is 3.89. The van der Waals surface area contributed by atoms with E-state index in [0.717, 1.165) is 56.6 Å². The number of nitrogens with zero attached hydrogens (tertiary/aromatic N) is 4. The van der Waals surface area contributed by atoms with Gasteiger partial charge in [0.2, 0.25) is 5.91 Å². The molecular weight excluding hydrogens is 312 g/mol. The minimum Gasteiger partial charge on any atom is -0.341 e. The van der Waals surface area contributed by atoms with Gasteiger partial charge in [-0.1, -0.05) is 30.3 Å². The Morgan fingerprint density at radius 2 is 1.84 bits per heavy atom. The van der Waals surface area contributed by atoms with Gasteiger partial charge in [-0.15, -0.1) is 0 Å². The molecule has 25 heavy (non-hydrogen) atoms. The van der Waals surface area contributed by atoms with Crippen molar-refractivity contribution in [2.45, 2.75) is 31.7 Å². The molecule has 5 nitrogen and oxygen atoms in total. The number of likely N-dealkylation sites (tertiary alicyclic amines) is 1. The first kappa shape index (κ1) is 16.3. The van der Waals surface area contributed by atoms with E-state index in [9.17, 15) is 4.79 Å². The Labute approximate surface area is 149 Å². The number of likely N-dealkylation sites (N-methyl/N-ethyl adjacent to an activating group) is 1. The molecule has 1 amide bonds. The second kappa shape index (κ2) is 6.64. The van der Waals surface area contributed by atoms with Crippen molar-refractivity contribution in [3.05, 3.63) is 41.6 Å². The highest BCUT2D eigenvalue weighted by Crippen LogP contribution is 2.28. The summed E-state index contributed by atoms with van der Waals surface area (Å²) in [5.74, 6) is 0.307. The number of hydrogen-bond donors (Lipinski definition) is 0. The maximum absolute atomic E-state index is 12.9. The summed E-state index contributed by atoms with van der Waals surface area (Å²) in [5, 5.41) is 4.77. The maximum atomic E-state index is 12.9. The summed E-state index contributed by atoms with van der Waals surface area (Å²) in [7, 11) is 4.09. The highest BCUT2D eigenvalue weighted by molar-refractivity contribution is 5.82. The molecule has 0 unspecified atom stereocenters. The molecule has 0 aliphatic carbocycles. The third-order valence-corrected chi connectivity index (χ3v) is 5.69. The molecular formula is C20H26N4O. The van der Waals surface area contributed by atoms with Crippen LogP contribution in [0.5, 0.6) is 0 Å². The van der Waals surface area contributed by atoms with Crippen LogP contribution in [-0.4, -0.2) is 58.2 Å². The van der Waals surface area contributed by atoms with E-state index < -0.39 is 0 Å². The summed E-state index contributed by atoms with van der Waals surface area (Å²) in [6, 6.07) is 10.4. The number of aromatic nitrogens is 2. The molecule has 4 rings (SSSR count). The number of carbonyl (C=O) groups excluding carboxylic acids is 1. The lowest BCUT2D eigenvalue weighted by molar-refractivity contribution is -0.135. The smallest absolute Gasteiger partial charge is 0.239 e. The van der Waals surface area contributed by atoms with Crippen molar-refractivity contribution in [1.29, 1.82) is 0 Å². The number of fused-ring (bicyclic) bond motifs is 1. The first-order valence-electron chi connectivity index (χ1n) is 9.24. The van der Waals surface area contributed by atoms with Crippen molar-refractivity contribution < 1.29 is 4.79 Å². The zero-order valence-electron chi connectivity index (χ0n) is 15.1. The Kier molecular flexibility index (Phi) is 4.34. The zero-order valence-corrected chi connectivity index (χ0v) is 15.1. The van der Waals surface area contributed by atoms with Crippen molar-refractivity contribution in [3.63, 3.8) is 0 Å². The molecule has 1 atom stereocenters. The van der Waals surface area contributed by atoms with Gasteiger partial charge in [0, 0.05) is 43.4 Å². The summed E-state index contributed by atoms with van der Waals surface area (Å²) in [5.41, 5.74) is 4.82. The molecule has 5 heteroatoms. The van der Waals surface area contributed by atoms with Crippen LogP contribution in [-0.2, 0) is 24.7 Å². The fourth-order valence-electron chi connectivity index (χ4n) is 4.26. The van der Waals surface area contributed by atoms with Gasteiger partial charge in [0.25, 0.3) is 0 Å². The molecule has 132 valence electrons. The van der Waals surface area contributed by atoms with Crippen molar-refractivity contribution in [3.8, 4) is 11.3 Å². The molecule has 3 heterocycles. The van der Waals surface area contributed by atoms with E-state index in [4.69, 9.17) is 5.10 Å². The average molecular weight is 338 g/mol. The summed E-state index contributed by atoms with van der Waals surface area (Å²) < 4.78 is 2.01. The molecule has 1 saturated heterocycles. The fraction of sp³-hybridized carbons (Fsp3) is 0.500. The largest absolute Gasteiger partial charge is 0.341 e. The summed E-state index contributed by atoms with van der Waals surface area (Å²) >= 11 is 0. The van der Waals surface area contributed by atoms with Crippen molar-refractivity contribution in [2.75, 3.05) is 26.7 Å². The fourth-order valence-corrected chi connectivity index (χ4v) is 4.26.